The van der Waals surface area contributed by atoms with Gasteiger partial charge in [-0.3, -0.25) is 48.1 Å². The van der Waals surface area contributed by atoms with Gasteiger partial charge in [0.2, 0.25) is 23.6 Å². The Labute approximate surface area is 747 Å². The van der Waals surface area contributed by atoms with E-state index in [2.05, 4.69) is 33.2 Å². The number of esters is 1. The van der Waals surface area contributed by atoms with E-state index in [0.717, 1.165) is 4.90 Å². The maximum absolute atomic E-state index is 14.6. The van der Waals surface area contributed by atoms with Crippen molar-refractivity contribution < 1.29 is 124 Å². The second-order valence-electron chi connectivity index (χ2n) is 33.6. The Hall–Kier alpha value is -10.9. The second kappa shape index (κ2) is 51.3. The number of Topliss-reactive ketones (excluding diaryl/α,β-unsaturated/α-hetero) is 2. The minimum Gasteiger partial charge on any atom is -0.493 e. The highest BCUT2D eigenvalue weighted by Crippen LogP contribution is 2.42. The molecule has 0 aliphatic carbocycles. The molecule has 1 unspecified atom stereocenters. The van der Waals surface area contributed by atoms with Crippen molar-refractivity contribution in [1.82, 2.24) is 25.8 Å². The van der Waals surface area contributed by atoms with Crippen LogP contribution in [0.4, 0.5) is 37.1 Å². The molecule has 0 saturated carbocycles. The number of nitrogens with two attached hydrogens (primary N) is 2. The number of hydrogen-bond donors (Lipinski definition) is 8. The number of aryl methyl sites for hydroxylation is 1. The van der Waals surface area contributed by atoms with Crippen LogP contribution in [0.1, 0.15) is 170 Å². The van der Waals surface area contributed by atoms with Gasteiger partial charge < -0.3 is 115 Å². The molecule has 2 fully saturated rings. The summed E-state index contributed by atoms with van der Waals surface area (Å²) in [5.74, 6) is -5.73. The summed E-state index contributed by atoms with van der Waals surface area (Å²) in [6.07, 6.45) is -2.45. The molecular weight excluding hydrogens is 1660 g/mol. The first kappa shape index (κ1) is 102. The Balaban J connectivity index is 0.868. The Morgan fingerprint density at radius 3 is 1.69 bits per heavy atom. The fraction of sp³-hybridized carbons (Fsp3) is 0.582. The maximum Gasteiger partial charge on any atom is 0.416 e. The minimum atomic E-state index is -1.58. The number of carbonyl (C=O) groups is 12. The molecule has 10 N–H and O–H groups in total. The topological polar surface area (TPSA) is 470 Å². The summed E-state index contributed by atoms with van der Waals surface area (Å²) in [6, 6.07) is 15.8. The lowest BCUT2D eigenvalue weighted by molar-refractivity contribution is -0.157. The van der Waals surface area contributed by atoms with Gasteiger partial charge in [0, 0.05) is 101 Å². The van der Waals surface area contributed by atoms with Gasteiger partial charge >= 0.3 is 24.2 Å². The summed E-state index contributed by atoms with van der Waals surface area (Å²) in [5.41, 5.74) is 12.6. The van der Waals surface area contributed by atoms with E-state index < -0.39 is 114 Å². The quantitative estimate of drug-likeness (QED) is 0.00894. The molecule has 128 heavy (non-hydrogen) atoms. The van der Waals surface area contributed by atoms with Crippen LogP contribution in [0.2, 0.25) is 0 Å². The number of aliphatic hydroxyl groups excluding tert-OH is 1. The highest BCUT2D eigenvalue weighted by atomic mass is 16.6. The number of alkyl carbamates (subject to hydrolysis) is 1. The van der Waals surface area contributed by atoms with E-state index in [1.54, 1.807) is 128 Å². The van der Waals surface area contributed by atoms with Gasteiger partial charge in [0.15, 0.2) is 29.3 Å². The third-order valence-electron chi connectivity index (χ3n) is 20.9. The van der Waals surface area contributed by atoms with E-state index in [4.69, 9.17) is 73.0 Å². The molecule has 0 aromatic heterocycles. The summed E-state index contributed by atoms with van der Waals surface area (Å²) in [5, 5.41) is 25.8. The maximum atomic E-state index is 14.6. The molecule has 4 aliphatic rings. The standard InChI is InChI=1S/C91H129N11O26/c1-58-46-73-86(112)102(89(115)126-57-63-18-22-65(23-19-63)96-82(108)60(3)48-74(103)61(4)95-79(105)26-34-117-38-42-121-44-40-119-36-28-92)72-53-76(59(2)47-68(72)85(111)100(73)54-58)123-32-15-33-124-78-52-71-69(51-77(78)116-11)84(110)99-31-14-16-67(99)55-101(71)88(114)125-56-62-20-24-66(25-21-62)97-83(109)64(50-81(107)127-90(5,6)7)49-75(104)70(17-12-13-30-94-87(113)128-91(8,9)10)98-80(106)27-35-118-39-43-122-45-41-120-37-29-93/h18-25,47,51-53,60-61,64,67,70,73,86,112H,1,12-17,26-46,48-50,54-57,92-93H2,2-11H3,(H,94,113)(H,95,105)(H,96,108)(H,97,109)(H,98,106)/t60-,61+,64+,67+,70+,73+,86?/m1/s1. The van der Waals surface area contributed by atoms with E-state index >= 15 is 0 Å². The van der Waals surface area contributed by atoms with Crippen molar-refractivity contribution in [1.29, 1.82) is 0 Å². The van der Waals surface area contributed by atoms with Gasteiger partial charge in [-0.15, -0.1) is 0 Å². The number of anilines is 4. The molecule has 4 aliphatic heterocycles. The number of methoxy groups -OCH3 is 1. The fourth-order valence-corrected chi connectivity index (χ4v) is 14.4. The third kappa shape index (κ3) is 33.0. The molecule has 0 radical (unpaired) electrons. The molecule has 0 bridgehead atoms. The lowest BCUT2D eigenvalue weighted by atomic mass is 9.92. The van der Waals surface area contributed by atoms with Gasteiger partial charge in [-0.1, -0.05) is 43.3 Å². The summed E-state index contributed by atoms with van der Waals surface area (Å²) >= 11 is 0. The van der Waals surface area contributed by atoms with Crippen LogP contribution in [-0.2, 0) is 94.1 Å². The van der Waals surface area contributed by atoms with Crippen molar-refractivity contribution in [3.05, 3.63) is 113 Å². The van der Waals surface area contributed by atoms with Gasteiger partial charge in [-0.2, -0.15) is 0 Å². The van der Waals surface area contributed by atoms with Crippen LogP contribution < -0.4 is 62.1 Å². The van der Waals surface area contributed by atoms with Gasteiger partial charge in [0.25, 0.3) is 11.8 Å². The van der Waals surface area contributed by atoms with E-state index in [1.165, 1.54) is 29.0 Å². The van der Waals surface area contributed by atoms with E-state index in [-0.39, 0.29) is 187 Å². The molecule has 37 nitrogen and oxygen atoms in total. The number of fused-ring (bicyclic) bond motifs is 4. The Morgan fingerprint density at radius 2 is 1.11 bits per heavy atom. The number of ether oxygens (including phenoxy) is 13. The van der Waals surface area contributed by atoms with Crippen LogP contribution in [0.5, 0.6) is 17.2 Å². The Bertz CT molecular complexity index is 4400. The zero-order chi connectivity index (χ0) is 93.0. The van der Waals surface area contributed by atoms with Crippen molar-refractivity contribution in [2.45, 2.75) is 194 Å². The van der Waals surface area contributed by atoms with Crippen molar-refractivity contribution in [2.75, 3.05) is 159 Å². The van der Waals surface area contributed by atoms with E-state index in [0.29, 0.717) is 120 Å². The third-order valence-corrected chi connectivity index (χ3v) is 20.9. The number of benzene rings is 4. The average Bonchev–Trinajstić information content (AvgIpc) is 1.62. The van der Waals surface area contributed by atoms with Crippen LogP contribution in [-0.4, -0.2) is 267 Å². The number of nitrogens with one attached hydrogen (secondary N) is 5. The zero-order valence-electron chi connectivity index (χ0n) is 75.3. The lowest BCUT2D eigenvalue weighted by Crippen LogP contribution is -2.50. The van der Waals surface area contributed by atoms with Gasteiger partial charge in [-0.05, 0) is 147 Å². The molecule has 4 aromatic carbocycles. The molecular formula is C91H129N11O26. The molecule has 9 amide bonds. The van der Waals surface area contributed by atoms with Crippen LogP contribution in [0.3, 0.4) is 0 Å². The molecule has 0 spiro atoms. The van der Waals surface area contributed by atoms with Gasteiger partial charge in [-0.25, -0.2) is 19.3 Å². The zero-order valence-corrected chi connectivity index (χ0v) is 75.3. The highest BCUT2D eigenvalue weighted by molar-refractivity contribution is 6.07. The van der Waals surface area contributed by atoms with E-state index in [9.17, 15) is 62.6 Å². The predicted octanol–water partition coefficient (Wildman–Crippen LogP) is 8.12. The molecule has 4 heterocycles. The largest absolute Gasteiger partial charge is 0.493 e. The normalized spacial score (nSPS) is 16.4. The first-order chi connectivity index (χ1) is 61.1. The number of carbonyl (C=O) groups excluding carboxylic acids is 12. The Morgan fingerprint density at radius 1 is 0.578 bits per heavy atom. The first-order valence-corrected chi connectivity index (χ1v) is 43.6. The Kier molecular flexibility index (Phi) is 41.1. The predicted molar refractivity (Wildman–Crippen MR) is 471 cm³/mol. The second-order valence-corrected chi connectivity index (χ2v) is 33.6. The molecule has 4 aromatic rings. The summed E-state index contributed by atoms with van der Waals surface area (Å²) < 4.78 is 73.7. The smallest absolute Gasteiger partial charge is 0.416 e. The number of ketones is 2. The number of hydrogen-bond acceptors (Lipinski definition) is 28. The number of nitrogens with zero attached hydrogens (tertiary/aromatic N) is 4. The van der Waals surface area contributed by atoms with Crippen molar-refractivity contribution in [3.8, 4) is 17.2 Å². The summed E-state index contributed by atoms with van der Waals surface area (Å²) in [7, 11) is 1.42. The van der Waals surface area contributed by atoms with Gasteiger partial charge in [0.1, 0.15) is 30.2 Å². The fourth-order valence-electron chi connectivity index (χ4n) is 14.4. The molecule has 37 heteroatoms. The van der Waals surface area contributed by atoms with Crippen molar-refractivity contribution >= 4 is 94.0 Å². The SMILES string of the molecule is C=C1C[C@H]2C(O)N(C(=O)OCc3ccc(NC(=O)[C@H](C)CC(=O)[C@H](C)NC(=O)CCOCCOCCOCCN)cc3)c3cc(OCCCOc4cc5c(cc4OC)C(=O)N4CCC[C@H]4CN5C(=O)OCc4ccc(NC(=O)[C@H](CC(=O)OC(C)(C)C)CC(=O)[C@H](CCCCNC(=O)OC(C)(C)C)NC(=O)CCOCCOCCOCCN)cc4)c(C)cc3C(=O)N2C1. The number of unbranched alkanes of at least 4 members (excludes halogenated alkanes) is 1. The van der Waals surface area contributed by atoms with Crippen LogP contribution >= 0.6 is 0 Å². The van der Waals surface area contributed by atoms with Crippen LogP contribution in [0.25, 0.3) is 0 Å². The lowest BCUT2D eigenvalue weighted by Gasteiger charge is -2.31. The highest BCUT2D eigenvalue weighted by Gasteiger charge is 2.47. The summed E-state index contributed by atoms with van der Waals surface area (Å²) in [6.45, 7) is 24.0. The van der Waals surface area contributed by atoms with Crippen molar-refractivity contribution in [3.63, 3.8) is 0 Å². The molecule has 2 saturated heterocycles. The summed E-state index contributed by atoms with van der Waals surface area (Å²) in [4.78, 5) is 170. The van der Waals surface area contributed by atoms with Gasteiger partial charge in [0.05, 0.1) is 159 Å². The number of amides is 9. The van der Waals surface area contributed by atoms with Crippen molar-refractivity contribution in [2.24, 2.45) is 23.3 Å². The average molecular weight is 1790 g/mol. The van der Waals surface area contributed by atoms with Crippen LogP contribution in [0.15, 0.2) is 84.9 Å². The van der Waals surface area contributed by atoms with Crippen LogP contribution in [0, 0.1) is 18.8 Å². The number of aliphatic hydroxyl groups is 1. The molecule has 8 rings (SSSR count). The minimum absolute atomic E-state index is 0.0172. The monoisotopic (exact) mass is 1790 g/mol. The molecule has 7 atom stereocenters. The first-order valence-electron chi connectivity index (χ1n) is 43.6. The number of rotatable bonds is 52. The molecule has 704 valence electrons. The van der Waals surface area contributed by atoms with E-state index in [1.807, 2.05) is 0 Å².